The van der Waals surface area contributed by atoms with Gasteiger partial charge < -0.3 is 10.2 Å². The summed E-state index contributed by atoms with van der Waals surface area (Å²) in [6.07, 6.45) is 2.33. The zero-order valence-electron chi connectivity index (χ0n) is 14.4. The summed E-state index contributed by atoms with van der Waals surface area (Å²) >= 11 is 1.61. The number of fused-ring (bicyclic) bond motifs is 2. The smallest absolute Gasteiger partial charge is 0.319 e. The molecular weight excluding hydrogens is 350 g/mol. The van der Waals surface area contributed by atoms with Crippen molar-refractivity contribution in [2.24, 2.45) is 0 Å². The van der Waals surface area contributed by atoms with Crippen LogP contribution in [0, 0.1) is 0 Å². The number of thiophene rings is 1. The molecular formula is C19H19N3O3S. The van der Waals surface area contributed by atoms with Gasteiger partial charge in [-0.25, -0.2) is 4.79 Å². The maximum absolute atomic E-state index is 13.1. The second kappa shape index (κ2) is 6.25. The Balaban J connectivity index is 1.57. The third-order valence-corrected chi connectivity index (χ3v) is 6.13. The molecule has 1 aliphatic heterocycles. The second-order valence-corrected chi connectivity index (χ2v) is 7.63. The molecule has 7 heteroatoms. The molecule has 2 aromatic rings. The molecule has 4 rings (SSSR count). The van der Waals surface area contributed by atoms with E-state index in [-0.39, 0.29) is 18.4 Å². The van der Waals surface area contributed by atoms with Crippen LogP contribution in [0.2, 0.25) is 0 Å². The Bertz CT molecular complexity index is 879. The van der Waals surface area contributed by atoms with Crippen LogP contribution < -0.4 is 10.2 Å². The van der Waals surface area contributed by atoms with Crippen LogP contribution in [0.1, 0.15) is 23.3 Å². The van der Waals surface area contributed by atoms with Gasteiger partial charge in [0.05, 0.1) is 0 Å². The number of carbonyl (C=O) groups excluding carboxylic acids is 3. The number of urea groups is 1. The number of rotatable bonds is 3. The zero-order valence-corrected chi connectivity index (χ0v) is 15.2. The summed E-state index contributed by atoms with van der Waals surface area (Å²) in [5, 5.41) is 4.82. The van der Waals surface area contributed by atoms with Gasteiger partial charge in [0.25, 0.3) is 5.91 Å². The molecule has 1 fully saturated rings. The number of nitrogens with one attached hydrogen (secondary N) is 1. The lowest BCUT2D eigenvalue weighted by Gasteiger charge is -2.31. The van der Waals surface area contributed by atoms with Crippen molar-refractivity contribution in [1.82, 2.24) is 10.2 Å². The minimum absolute atomic E-state index is 0.267. The van der Waals surface area contributed by atoms with Crippen molar-refractivity contribution in [1.29, 1.82) is 0 Å². The third-order valence-electron chi connectivity index (χ3n) is 5.15. The van der Waals surface area contributed by atoms with Crippen LogP contribution in [-0.4, -0.2) is 36.3 Å². The maximum atomic E-state index is 13.1. The van der Waals surface area contributed by atoms with E-state index in [1.54, 1.807) is 18.4 Å². The number of para-hydroxylation sites is 1. The molecule has 1 spiro atoms. The lowest BCUT2D eigenvalue weighted by Crippen LogP contribution is -2.47. The highest BCUT2D eigenvalue weighted by Gasteiger charge is 2.54. The number of carbonyl (C=O) groups is 3. The van der Waals surface area contributed by atoms with E-state index in [1.807, 2.05) is 41.8 Å². The van der Waals surface area contributed by atoms with E-state index in [4.69, 9.17) is 0 Å². The van der Waals surface area contributed by atoms with Crippen molar-refractivity contribution in [3.05, 3.63) is 52.2 Å². The quantitative estimate of drug-likeness (QED) is 0.845. The average Bonchev–Trinajstić information content (AvgIpc) is 3.22. The van der Waals surface area contributed by atoms with Crippen LogP contribution in [0.15, 0.2) is 41.8 Å². The van der Waals surface area contributed by atoms with Crippen LogP contribution in [0.5, 0.6) is 0 Å². The standard InChI is InChI=1S/C19H19N3O3S/c1-21(13-6-3-2-4-7-13)16(23)12-22-17(24)19(20-18(22)25)10-5-8-15-14(19)9-11-26-15/h2-4,6-7,9,11H,5,8,10,12H2,1H3,(H,20,25). The molecule has 1 atom stereocenters. The van der Waals surface area contributed by atoms with E-state index in [1.165, 1.54) is 4.90 Å². The van der Waals surface area contributed by atoms with Gasteiger partial charge in [-0.1, -0.05) is 18.2 Å². The summed E-state index contributed by atoms with van der Waals surface area (Å²) in [6.45, 7) is -0.267. The Morgan fingerprint density at radius 3 is 2.81 bits per heavy atom. The predicted octanol–water partition coefficient (Wildman–Crippen LogP) is 2.49. The molecule has 2 aliphatic rings. The maximum Gasteiger partial charge on any atom is 0.325 e. The van der Waals surface area contributed by atoms with Crippen molar-refractivity contribution >= 4 is 34.9 Å². The van der Waals surface area contributed by atoms with Gasteiger partial charge in [0.1, 0.15) is 12.1 Å². The molecule has 0 saturated carbocycles. The van der Waals surface area contributed by atoms with Crippen LogP contribution in [0.25, 0.3) is 0 Å². The van der Waals surface area contributed by atoms with E-state index >= 15 is 0 Å². The van der Waals surface area contributed by atoms with Crippen LogP contribution in [0.3, 0.4) is 0 Å². The molecule has 0 bridgehead atoms. The summed E-state index contributed by atoms with van der Waals surface area (Å²) in [6, 6.07) is 10.6. The van der Waals surface area contributed by atoms with Gasteiger partial charge in [-0.2, -0.15) is 0 Å². The van der Waals surface area contributed by atoms with Crippen molar-refractivity contribution in [3.8, 4) is 0 Å². The normalized spacial score (nSPS) is 21.7. The monoisotopic (exact) mass is 369 g/mol. The molecule has 134 valence electrons. The first kappa shape index (κ1) is 16.8. The molecule has 2 heterocycles. The minimum Gasteiger partial charge on any atom is -0.319 e. The topological polar surface area (TPSA) is 69.7 Å². The largest absolute Gasteiger partial charge is 0.325 e. The molecule has 1 saturated heterocycles. The number of benzene rings is 1. The van der Waals surface area contributed by atoms with Gasteiger partial charge in [0.2, 0.25) is 5.91 Å². The van der Waals surface area contributed by atoms with Crippen LogP contribution in [0.4, 0.5) is 10.5 Å². The van der Waals surface area contributed by atoms with E-state index in [0.29, 0.717) is 6.42 Å². The van der Waals surface area contributed by atoms with Crippen molar-refractivity contribution < 1.29 is 14.4 Å². The average molecular weight is 369 g/mol. The highest BCUT2D eigenvalue weighted by molar-refractivity contribution is 7.10. The van der Waals surface area contributed by atoms with Gasteiger partial charge >= 0.3 is 6.03 Å². The number of likely N-dealkylation sites (N-methyl/N-ethyl adjacent to an activating group) is 1. The Morgan fingerprint density at radius 2 is 2.04 bits per heavy atom. The Morgan fingerprint density at radius 1 is 1.27 bits per heavy atom. The Kier molecular flexibility index (Phi) is 4.03. The third kappa shape index (κ3) is 2.50. The fourth-order valence-electron chi connectivity index (χ4n) is 3.72. The van der Waals surface area contributed by atoms with Crippen molar-refractivity contribution in [2.45, 2.75) is 24.8 Å². The first-order valence-electron chi connectivity index (χ1n) is 8.55. The van der Waals surface area contributed by atoms with E-state index in [2.05, 4.69) is 5.32 Å². The number of anilines is 1. The molecule has 6 nitrogen and oxygen atoms in total. The SMILES string of the molecule is CN(C(=O)CN1C(=O)NC2(CCCc3sccc32)C1=O)c1ccccc1. The summed E-state index contributed by atoms with van der Waals surface area (Å²) in [5.41, 5.74) is 0.603. The summed E-state index contributed by atoms with van der Waals surface area (Å²) in [5.74, 6) is -0.630. The highest BCUT2D eigenvalue weighted by Crippen LogP contribution is 2.42. The fraction of sp³-hybridized carbons (Fsp3) is 0.316. The number of aryl methyl sites for hydroxylation is 1. The van der Waals surface area contributed by atoms with Gasteiger partial charge in [-0.05, 0) is 42.8 Å². The lowest BCUT2D eigenvalue weighted by molar-refractivity contribution is -0.135. The van der Waals surface area contributed by atoms with Gasteiger partial charge in [-0.3, -0.25) is 14.5 Å². The molecule has 1 aromatic heterocycles. The van der Waals surface area contributed by atoms with E-state index < -0.39 is 11.6 Å². The Hall–Kier alpha value is -2.67. The van der Waals surface area contributed by atoms with E-state index in [9.17, 15) is 14.4 Å². The minimum atomic E-state index is -1.00. The Labute approximate surface area is 155 Å². The van der Waals surface area contributed by atoms with Crippen molar-refractivity contribution in [2.75, 3.05) is 18.5 Å². The predicted molar refractivity (Wildman–Crippen MR) is 99.0 cm³/mol. The zero-order chi connectivity index (χ0) is 18.3. The molecule has 1 aliphatic carbocycles. The van der Waals surface area contributed by atoms with Crippen LogP contribution >= 0.6 is 11.3 Å². The second-order valence-electron chi connectivity index (χ2n) is 6.63. The first-order chi connectivity index (χ1) is 12.5. The molecule has 1 unspecified atom stereocenters. The molecule has 4 amide bonds. The van der Waals surface area contributed by atoms with Crippen molar-refractivity contribution in [3.63, 3.8) is 0 Å². The van der Waals surface area contributed by atoms with E-state index in [0.717, 1.165) is 33.9 Å². The number of nitrogens with zero attached hydrogens (tertiary/aromatic N) is 2. The summed E-state index contributed by atoms with van der Waals surface area (Å²) in [7, 11) is 1.64. The van der Waals surface area contributed by atoms with Gasteiger partial charge in [0, 0.05) is 23.2 Å². The fourth-order valence-corrected chi connectivity index (χ4v) is 4.72. The number of hydrogen-bond donors (Lipinski definition) is 1. The van der Waals surface area contributed by atoms with Gasteiger partial charge in [-0.15, -0.1) is 11.3 Å². The summed E-state index contributed by atoms with van der Waals surface area (Å²) < 4.78 is 0. The molecule has 1 aromatic carbocycles. The number of amides is 4. The highest BCUT2D eigenvalue weighted by atomic mass is 32.1. The molecule has 0 radical (unpaired) electrons. The first-order valence-corrected chi connectivity index (χ1v) is 9.43. The summed E-state index contributed by atoms with van der Waals surface area (Å²) in [4.78, 5) is 41.9. The van der Waals surface area contributed by atoms with Gasteiger partial charge in [0.15, 0.2) is 0 Å². The number of imide groups is 1. The molecule has 1 N–H and O–H groups in total. The lowest BCUT2D eigenvalue weighted by atomic mass is 9.80. The molecule has 26 heavy (non-hydrogen) atoms. The van der Waals surface area contributed by atoms with Crippen LogP contribution in [-0.2, 0) is 21.5 Å². The number of hydrogen-bond acceptors (Lipinski definition) is 4.